The smallest absolute Gasteiger partial charge is 0.264 e. The van der Waals surface area contributed by atoms with Gasteiger partial charge < -0.3 is 5.32 Å². The van der Waals surface area contributed by atoms with Crippen LogP contribution in [0, 0.1) is 0 Å². The van der Waals surface area contributed by atoms with Crippen LogP contribution in [-0.2, 0) is 14.8 Å². The Bertz CT molecular complexity index is 1050. The molecule has 0 fully saturated rings. The fourth-order valence-electron chi connectivity index (χ4n) is 2.91. The maximum atomic E-state index is 13.3. The van der Waals surface area contributed by atoms with Gasteiger partial charge in [-0.25, -0.2) is 8.42 Å². The lowest BCUT2D eigenvalue weighted by Crippen LogP contribution is -2.38. The number of hydrogen-bond acceptors (Lipinski definition) is 3. The molecule has 0 heterocycles. The van der Waals surface area contributed by atoms with E-state index in [2.05, 4.69) is 19.2 Å². The topological polar surface area (TPSA) is 66.5 Å². The standard InChI is InChI=1S/C23H24N2O3S/c1-18(2)19-13-15-21(16-14-19)25(29(27,28)22-11-7-4-8-12-22)17-23(26)24-20-9-5-3-6-10-20/h3-16,18H,17H2,1-2H3,(H,24,26). The summed E-state index contributed by atoms with van der Waals surface area (Å²) >= 11 is 0. The van der Waals surface area contributed by atoms with E-state index in [9.17, 15) is 13.2 Å². The highest BCUT2D eigenvalue weighted by molar-refractivity contribution is 7.92. The molecule has 0 radical (unpaired) electrons. The average Bonchev–Trinajstić information content (AvgIpc) is 2.73. The summed E-state index contributed by atoms with van der Waals surface area (Å²) in [4.78, 5) is 12.8. The number of carbonyl (C=O) groups excluding carboxylic acids is 1. The molecule has 1 amide bonds. The van der Waals surface area contributed by atoms with E-state index in [1.165, 1.54) is 12.1 Å². The van der Waals surface area contributed by atoms with Gasteiger partial charge in [0.25, 0.3) is 10.0 Å². The number of hydrogen-bond donors (Lipinski definition) is 1. The Hall–Kier alpha value is -3.12. The molecule has 150 valence electrons. The molecule has 1 N–H and O–H groups in total. The summed E-state index contributed by atoms with van der Waals surface area (Å²) in [5.74, 6) is -0.0896. The van der Waals surface area contributed by atoms with E-state index in [0.717, 1.165) is 9.87 Å². The molecule has 0 aliphatic heterocycles. The summed E-state index contributed by atoms with van der Waals surface area (Å²) in [5, 5.41) is 2.75. The van der Waals surface area contributed by atoms with Crippen LogP contribution in [0.3, 0.4) is 0 Å². The fourth-order valence-corrected chi connectivity index (χ4v) is 4.35. The van der Waals surface area contributed by atoms with Crippen LogP contribution in [-0.4, -0.2) is 20.9 Å². The minimum atomic E-state index is -3.90. The molecular weight excluding hydrogens is 384 g/mol. The third-order valence-electron chi connectivity index (χ3n) is 4.52. The Morgan fingerprint density at radius 1 is 0.862 bits per heavy atom. The van der Waals surface area contributed by atoms with Crippen molar-refractivity contribution in [3.63, 3.8) is 0 Å². The van der Waals surface area contributed by atoms with Crippen LogP contribution >= 0.6 is 0 Å². The number of benzene rings is 3. The Labute approximate surface area is 172 Å². The number of nitrogens with one attached hydrogen (secondary N) is 1. The monoisotopic (exact) mass is 408 g/mol. The van der Waals surface area contributed by atoms with Gasteiger partial charge in [-0.05, 0) is 47.9 Å². The zero-order valence-corrected chi connectivity index (χ0v) is 17.3. The van der Waals surface area contributed by atoms with Crippen LogP contribution in [0.4, 0.5) is 11.4 Å². The van der Waals surface area contributed by atoms with Gasteiger partial charge in [0.2, 0.25) is 5.91 Å². The zero-order chi connectivity index (χ0) is 20.9. The second-order valence-electron chi connectivity index (χ2n) is 6.99. The summed E-state index contributed by atoms with van der Waals surface area (Å²) in [5.41, 5.74) is 2.16. The molecule has 0 saturated heterocycles. The van der Waals surface area contributed by atoms with Crippen molar-refractivity contribution in [3.8, 4) is 0 Å². The highest BCUT2D eigenvalue weighted by atomic mass is 32.2. The maximum absolute atomic E-state index is 13.3. The van der Waals surface area contributed by atoms with Crippen molar-refractivity contribution < 1.29 is 13.2 Å². The molecule has 6 heteroatoms. The fraction of sp³-hybridized carbons (Fsp3) is 0.174. The van der Waals surface area contributed by atoms with Crippen molar-refractivity contribution >= 4 is 27.3 Å². The molecular formula is C23H24N2O3S. The summed E-state index contributed by atoms with van der Waals surface area (Å²) < 4.78 is 27.7. The van der Waals surface area contributed by atoms with Gasteiger partial charge in [-0.15, -0.1) is 0 Å². The first-order valence-corrected chi connectivity index (χ1v) is 10.8. The van der Waals surface area contributed by atoms with Crippen LogP contribution in [0.25, 0.3) is 0 Å². The van der Waals surface area contributed by atoms with Crippen molar-refractivity contribution in [3.05, 3.63) is 90.5 Å². The number of sulfonamides is 1. The zero-order valence-electron chi connectivity index (χ0n) is 16.4. The molecule has 0 spiro atoms. The van der Waals surface area contributed by atoms with Gasteiger partial charge in [0.15, 0.2) is 0 Å². The third kappa shape index (κ3) is 5.03. The van der Waals surface area contributed by atoms with Crippen molar-refractivity contribution in [1.82, 2.24) is 0 Å². The van der Waals surface area contributed by atoms with Crippen molar-refractivity contribution in [2.45, 2.75) is 24.7 Å². The van der Waals surface area contributed by atoms with E-state index in [1.807, 2.05) is 18.2 Å². The lowest BCUT2D eigenvalue weighted by molar-refractivity contribution is -0.114. The number of carbonyl (C=O) groups is 1. The Morgan fingerprint density at radius 2 is 1.41 bits per heavy atom. The molecule has 0 aliphatic carbocycles. The quantitative estimate of drug-likeness (QED) is 0.619. The molecule has 0 bridgehead atoms. The molecule has 0 aliphatic rings. The van der Waals surface area contributed by atoms with Gasteiger partial charge in [0, 0.05) is 5.69 Å². The van der Waals surface area contributed by atoms with Crippen LogP contribution < -0.4 is 9.62 Å². The molecule has 0 saturated carbocycles. The van der Waals surface area contributed by atoms with E-state index in [0.29, 0.717) is 17.3 Å². The number of anilines is 2. The van der Waals surface area contributed by atoms with Gasteiger partial charge in [-0.3, -0.25) is 9.10 Å². The van der Waals surface area contributed by atoms with Crippen LogP contribution in [0.2, 0.25) is 0 Å². The largest absolute Gasteiger partial charge is 0.325 e. The Balaban J connectivity index is 1.94. The summed E-state index contributed by atoms with van der Waals surface area (Å²) in [6.45, 7) is 3.81. The molecule has 0 unspecified atom stereocenters. The van der Waals surface area contributed by atoms with E-state index < -0.39 is 15.9 Å². The first-order chi connectivity index (χ1) is 13.9. The molecule has 3 rings (SSSR count). The van der Waals surface area contributed by atoms with Crippen molar-refractivity contribution in [2.75, 3.05) is 16.2 Å². The van der Waals surface area contributed by atoms with Crippen molar-refractivity contribution in [2.24, 2.45) is 0 Å². The number of rotatable bonds is 7. The molecule has 3 aromatic carbocycles. The van der Waals surface area contributed by atoms with Gasteiger partial charge in [0.05, 0.1) is 10.6 Å². The van der Waals surface area contributed by atoms with E-state index in [4.69, 9.17) is 0 Å². The average molecular weight is 409 g/mol. The van der Waals surface area contributed by atoms with E-state index >= 15 is 0 Å². The Kier molecular flexibility index (Phi) is 6.34. The predicted octanol–water partition coefficient (Wildman–Crippen LogP) is 4.64. The Morgan fingerprint density at radius 3 is 1.97 bits per heavy atom. The molecule has 29 heavy (non-hydrogen) atoms. The van der Waals surface area contributed by atoms with E-state index in [1.54, 1.807) is 54.6 Å². The van der Waals surface area contributed by atoms with Gasteiger partial charge in [0.1, 0.15) is 6.54 Å². The summed E-state index contributed by atoms with van der Waals surface area (Å²) in [6, 6.07) is 24.4. The lowest BCUT2D eigenvalue weighted by atomic mass is 10.0. The first kappa shape index (κ1) is 20.6. The second kappa shape index (κ2) is 8.92. The molecule has 0 atom stereocenters. The number of amides is 1. The van der Waals surface area contributed by atoms with Crippen molar-refractivity contribution in [1.29, 1.82) is 0 Å². The van der Waals surface area contributed by atoms with E-state index in [-0.39, 0.29) is 11.4 Å². The third-order valence-corrected chi connectivity index (χ3v) is 6.31. The molecule has 3 aromatic rings. The first-order valence-electron chi connectivity index (χ1n) is 9.40. The number of para-hydroxylation sites is 1. The minimum absolute atomic E-state index is 0.139. The normalized spacial score (nSPS) is 11.3. The van der Waals surface area contributed by atoms with Crippen LogP contribution in [0.5, 0.6) is 0 Å². The second-order valence-corrected chi connectivity index (χ2v) is 8.85. The minimum Gasteiger partial charge on any atom is -0.325 e. The highest BCUT2D eigenvalue weighted by Crippen LogP contribution is 2.26. The molecule has 5 nitrogen and oxygen atoms in total. The van der Waals surface area contributed by atoms with Crippen LogP contribution in [0.15, 0.2) is 89.8 Å². The van der Waals surface area contributed by atoms with Gasteiger partial charge in [-0.1, -0.05) is 62.4 Å². The highest BCUT2D eigenvalue weighted by Gasteiger charge is 2.27. The maximum Gasteiger partial charge on any atom is 0.264 e. The molecule has 0 aromatic heterocycles. The lowest BCUT2D eigenvalue weighted by Gasteiger charge is -2.24. The van der Waals surface area contributed by atoms with Gasteiger partial charge in [-0.2, -0.15) is 0 Å². The van der Waals surface area contributed by atoms with Crippen LogP contribution in [0.1, 0.15) is 25.3 Å². The SMILES string of the molecule is CC(C)c1ccc(N(CC(=O)Nc2ccccc2)S(=O)(=O)c2ccccc2)cc1. The number of nitrogens with zero attached hydrogens (tertiary/aromatic N) is 1. The predicted molar refractivity (Wildman–Crippen MR) is 117 cm³/mol. The summed E-state index contributed by atoms with van der Waals surface area (Å²) in [7, 11) is -3.90. The van der Waals surface area contributed by atoms with Gasteiger partial charge >= 0.3 is 0 Å². The summed E-state index contributed by atoms with van der Waals surface area (Å²) in [6.07, 6.45) is 0.